The zero-order valence-electron chi connectivity index (χ0n) is 15.9. The molecule has 0 atom stereocenters. The Hall–Kier alpha value is -3.80. The van der Waals surface area contributed by atoms with Crippen molar-refractivity contribution in [3.8, 4) is 22.8 Å². The van der Waals surface area contributed by atoms with E-state index < -0.39 is 0 Å². The number of carbonyl (C=O) groups excluding carboxylic acids is 1. The van der Waals surface area contributed by atoms with E-state index >= 15 is 0 Å². The minimum Gasteiger partial charge on any atom is -0.354 e. The summed E-state index contributed by atoms with van der Waals surface area (Å²) in [6.45, 7) is 1.11. The van der Waals surface area contributed by atoms with Gasteiger partial charge in [0, 0.05) is 37.9 Å². The molecule has 0 unspecified atom stereocenters. The number of carbonyl (C=O) groups is 1. The lowest BCUT2D eigenvalue weighted by Gasteiger charge is -2.09. The molecule has 2 aromatic carbocycles. The van der Waals surface area contributed by atoms with Crippen LogP contribution in [-0.2, 0) is 17.8 Å². The smallest absolute Gasteiger partial charge is 0.224 e. The Bertz CT molecular complexity index is 1060. The molecule has 0 spiro atoms. The van der Waals surface area contributed by atoms with Crippen LogP contribution in [-0.4, -0.2) is 32.0 Å². The van der Waals surface area contributed by atoms with Crippen molar-refractivity contribution in [3.05, 3.63) is 91.0 Å². The molecule has 6 heteroatoms. The third-order valence-electron chi connectivity index (χ3n) is 4.58. The van der Waals surface area contributed by atoms with Crippen molar-refractivity contribution in [1.82, 2.24) is 24.8 Å². The van der Waals surface area contributed by atoms with Gasteiger partial charge in [0.25, 0.3) is 0 Å². The molecule has 0 radical (unpaired) electrons. The largest absolute Gasteiger partial charge is 0.354 e. The zero-order chi connectivity index (χ0) is 19.9. The second-order valence-electron chi connectivity index (χ2n) is 6.61. The number of hydrogen-bond donors (Lipinski definition) is 1. The molecule has 0 aliphatic carbocycles. The Morgan fingerprint density at radius 2 is 1.55 bits per heavy atom. The molecular weight excluding hydrogens is 362 g/mol. The molecular formula is C23H21N5O. The molecule has 29 heavy (non-hydrogen) atoms. The summed E-state index contributed by atoms with van der Waals surface area (Å²) in [7, 11) is 0. The average molecular weight is 383 g/mol. The van der Waals surface area contributed by atoms with Crippen LogP contribution >= 0.6 is 0 Å². The topological polar surface area (TPSA) is 72.7 Å². The molecule has 6 nitrogen and oxygen atoms in total. The monoisotopic (exact) mass is 383 g/mol. The van der Waals surface area contributed by atoms with Crippen molar-refractivity contribution >= 4 is 5.91 Å². The van der Waals surface area contributed by atoms with Crippen LogP contribution in [0.4, 0.5) is 0 Å². The van der Waals surface area contributed by atoms with E-state index in [1.165, 1.54) is 5.56 Å². The minimum absolute atomic E-state index is 0.00455. The van der Waals surface area contributed by atoms with E-state index in [2.05, 4.69) is 44.5 Å². The predicted octanol–water partition coefficient (Wildman–Crippen LogP) is 3.37. The first-order valence-electron chi connectivity index (χ1n) is 9.49. The van der Waals surface area contributed by atoms with Gasteiger partial charge < -0.3 is 9.88 Å². The standard InChI is InChI=1S/C23H21N5O/c29-21(17-18-7-9-20(10-8-18)19-5-2-1-3-6-19)24-13-15-28-16-14-27-23(28)22-25-11-4-12-26-22/h1-12,14,16H,13,15,17H2,(H,24,29). The molecule has 0 bridgehead atoms. The third kappa shape index (κ3) is 4.73. The molecule has 0 saturated carbocycles. The number of aromatic nitrogens is 4. The summed E-state index contributed by atoms with van der Waals surface area (Å²) in [5, 5.41) is 2.97. The molecule has 0 aliphatic heterocycles. The lowest BCUT2D eigenvalue weighted by molar-refractivity contribution is -0.120. The Balaban J connectivity index is 1.30. The Morgan fingerprint density at radius 3 is 2.31 bits per heavy atom. The third-order valence-corrected chi connectivity index (χ3v) is 4.58. The second-order valence-corrected chi connectivity index (χ2v) is 6.61. The quantitative estimate of drug-likeness (QED) is 0.531. The molecule has 144 valence electrons. The normalized spacial score (nSPS) is 10.6. The summed E-state index contributed by atoms with van der Waals surface area (Å²) in [6, 6.07) is 20.1. The first kappa shape index (κ1) is 18.6. The Kier molecular flexibility index (Phi) is 5.71. The fourth-order valence-electron chi connectivity index (χ4n) is 3.12. The van der Waals surface area contributed by atoms with Crippen LogP contribution in [0.2, 0.25) is 0 Å². The Morgan fingerprint density at radius 1 is 0.828 bits per heavy atom. The van der Waals surface area contributed by atoms with Gasteiger partial charge in [-0.1, -0.05) is 54.6 Å². The van der Waals surface area contributed by atoms with Crippen molar-refractivity contribution in [1.29, 1.82) is 0 Å². The fourth-order valence-corrected chi connectivity index (χ4v) is 3.12. The van der Waals surface area contributed by atoms with Crippen LogP contribution in [0.5, 0.6) is 0 Å². The zero-order valence-corrected chi connectivity index (χ0v) is 15.9. The van der Waals surface area contributed by atoms with Gasteiger partial charge in [-0.2, -0.15) is 0 Å². The van der Waals surface area contributed by atoms with Gasteiger partial charge in [-0.05, 0) is 22.8 Å². The van der Waals surface area contributed by atoms with Gasteiger partial charge in [-0.15, -0.1) is 0 Å². The molecule has 2 heterocycles. The number of hydrogen-bond acceptors (Lipinski definition) is 4. The second kappa shape index (κ2) is 8.93. The maximum atomic E-state index is 12.3. The molecule has 0 fully saturated rings. The first-order valence-corrected chi connectivity index (χ1v) is 9.49. The first-order chi connectivity index (χ1) is 14.3. The van der Waals surface area contributed by atoms with E-state index in [0.29, 0.717) is 31.2 Å². The molecule has 0 aliphatic rings. The van der Waals surface area contributed by atoms with Gasteiger partial charge in [0.15, 0.2) is 11.6 Å². The molecule has 0 saturated heterocycles. The number of rotatable bonds is 7. The summed E-state index contributed by atoms with van der Waals surface area (Å²) in [5.74, 6) is 1.26. The van der Waals surface area contributed by atoms with E-state index in [1.54, 1.807) is 24.7 Å². The van der Waals surface area contributed by atoms with Gasteiger partial charge >= 0.3 is 0 Å². The van der Waals surface area contributed by atoms with E-state index in [1.807, 2.05) is 41.1 Å². The van der Waals surface area contributed by atoms with Crippen molar-refractivity contribution < 1.29 is 4.79 Å². The maximum Gasteiger partial charge on any atom is 0.224 e. The van der Waals surface area contributed by atoms with Crippen molar-refractivity contribution in [2.75, 3.05) is 6.54 Å². The van der Waals surface area contributed by atoms with E-state index in [9.17, 15) is 4.79 Å². The van der Waals surface area contributed by atoms with E-state index in [4.69, 9.17) is 0 Å². The van der Waals surface area contributed by atoms with E-state index in [-0.39, 0.29) is 5.91 Å². The Labute approximate surface area is 169 Å². The van der Waals surface area contributed by atoms with Crippen LogP contribution in [0.1, 0.15) is 5.56 Å². The summed E-state index contributed by atoms with van der Waals surface area (Å²) < 4.78 is 1.93. The van der Waals surface area contributed by atoms with Gasteiger partial charge in [0.05, 0.1) is 6.42 Å². The van der Waals surface area contributed by atoms with Gasteiger partial charge in [0.1, 0.15) is 0 Å². The minimum atomic E-state index is -0.00455. The van der Waals surface area contributed by atoms with Crippen LogP contribution < -0.4 is 5.32 Å². The van der Waals surface area contributed by atoms with Gasteiger partial charge in [-0.25, -0.2) is 15.0 Å². The predicted molar refractivity (Wildman–Crippen MR) is 112 cm³/mol. The highest BCUT2D eigenvalue weighted by molar-refractivity contribution is 5.78. The fraction of sp³-hybridized carbons (Fsp3) is 0.130. The molecule has 1 N–H and O–H groups in total. The lowest BCUT2D eigenvalue weighted by atomic mass is 10.0. The highest BCUT2D eigenvalue weighted by Crippen LogP contribution is 2.19. The molecule has 2 aromatic heterocycles. The van der Waals surface area contributed by atoms with E-state index in [0.717, 1.165) is 11.1 Å². The number of benzene rings is 2. The lowest BCUT2D eigenvalue weighted by Crippen LogP contribution is -2.28. The highest BCUT2D eigenvalue weighted by atomic mass is 16.1. The SMILES string of the molecule is O=C(Cc1ccc(-c2ccccc2)cc1)NCCn1ccnc1-c1ncccn1. The van der Waals surface area contributed by atoms with Crippen molar-refractivity contribution in [3.63, 3.8) is 0 Å². The summed E-state index contributed by atoms with van der Waals surface area (Å²) in [5.41, 5.74) is 3.30. The summed E-state index contributed by atoms with van der Waals surface area (Å²) >= 11 is 0. The summed E-state index contributed by atoms with van der Waals surface area (Å²) in [4.78, 5) is 25.1. The van der Waals surface area contributed by atoms with Crippen molar-refractivity contribution in [2.24, 2.45) is 0 Å². The van der Waals surface area contributed by atoms with Crippen LogP contribution in [0, 0.1) is 0 Å². The molecule has 4 rings (SSSR count). The maximum absolute atomic E-state index is 12.3. The van der Waals surface area contributed by atoms with Crippen molar-refractivity contribution in [2.45, 2.75) is 13.0 Å². The van der Waals surface area contributed by atoms with Crippen LogP contribution in [0.3, 0.4) is 0 Å². The van der Waals surface area contributed by atoms with Gasteiger partial charge in [-0.3, -0.25) is 4.79 Å². The molecule has 4 aromatic rings. The molecule has 1 amide bonds. The van der Waals surface area contributed by atoms with Crippen LogP contribution in [0.15, 0.2) is 85.5 Å². The summed E-state index contributed by atoms with van der Waals surface area (Å²) in [6.07, 6.45) is 7.30. The number of imidazole rings is 1. The van der Waals surface area contributed by atoms with Crippen LogP contribution in [0.25, 0.3) is 22.8 Å². The number of nitrogens with zero attached hydrogens (tertiary/aromatic N) is 4. The van der Waals surface area contributed by atoms with Gasteiger partial charge in [0.2, 0.25) is 5.91 Å². The highest BCUT2D eigenvalue weighted by Gasteiger charge is 2.09. The number of amides is 1. The average Bonchev–Trinajstić information content (AvgIpc) is 3.24. The number of nitrogens with one attached hydrogen (secondary N) is 1.